The Labute approximate surface area is 168 Å². The average Bonchev–Trinajstić information content (AvgIpc) is 3.10. The van der Waals surface area contributed by atoms with E-state index in [0.717, 1.165) is 62.4 Å². The van der Waals surface area contributed by atoms with Gasteiger partial charge in [0.25, 0.3) is 0 Å². The highest BCUT2D eigenvalue weighted by atomic mass is 16.5. The maximum Gasteiger partial charge on any atom is 0.222 e. The Kier molecular flexibility index (Phi) is 6.83. The van der Waals surface area contributed by atoms with Crippen LogP contribution in [0.2, 0.25) is 0 Å². The summed E-state index contributed by atoms with van der Waals surface area (Å²) in [5, 5.41) is 3.01. The number of piperidine rings is 1. The van der Waals surface area contributed by atoms with Crippen molar-refractivity contribution in [1.82, 2.24) is 10.2 Å². The minimum atomic E-state index is -0.0117. The molecule has 0 aromatic heterocycles. The van der Waals surface area contributed by atoms with Crippen molar-refractivity contribution in [2.24, 2.45) is 5.92 Å². The smallest absolute Gasteiger partial charge is 0.222 e. The summed E-state index contributed by atoms with van der Waals surface area (Å²) in [6.07, 6.45) is 4.34. The van der Waals surface area contributed by atoms with Gasteiger partial charge in [0.05, 0.1) is 25.9 Å². The molecule has 2 saturated heterocycles. The molecular formula is C22H34N2O4. The fraction of sp³-hybridized carbons (Fsp3) is 0.682. The predicted octanol–water partition coefficient (Wildman–Crippen LogP) is 2.99. The van der Waals surface area contributed by atoms with Gasteiger partial charge in [-0.2, -0.15) is 0 Å². The third-order valence-corrected chi connectivity index (χ3v) is 6.02. The average molecular weight is 391 g/mol. The Hall–Kier alpha value is -1.79. The van der Waals surface area contributed by atoms with E-state index in [1.165, 1.54) is 0 Å². The normalized spacial score (nSPS) is 21.8. The van der Waals surface area contributed by atoms with Crippen LogP contribution in [0.25, 0.3) is 0 Å². The molecule has 1 atom stereocenters. The number of ether oxygens (including phenoxy) is 3. The van der Waals surface area contributed by atoms with E-state index in [4.69, 9.17) is 14.2 Å². The van der Waals surface area contributed by atoms with Crippen LogP contribution >= 0.6 is 0 Å². The van der Waals surface area contributed by atoms with Gasteiger partial charge < -0.3 is 19.5 Å². The minimum absolute atomic E-state index is 0.0117. The lowest BCUT2D eigenvalue weighted by Gasteiger charge is -2.39. The number of nitrogens with zero attached hydrogens (tertiary/aromatic N) is 1. The van der Waals surface area contributed by atoms with Crippen LogP contribution in [0.5, 0.6) is 11.5 Å². The first-order valence-corrected chi connectivity index (χ1v) is 10.3. The molecule has 1 aromatic rings. The molecule has 6 heteroatoms. The zero-order valence-corrected chi connectivity index (χ0v) is 17.6. The van der Waals surface area contributed by atoms with Crippen LogP contribution in [0, 0.1) is 5.92 Å². The van der Waals surface area contributed by atoms with Gasteiger partial charge in [0, 0.05) is 37.7 Å². The first-order valence-electron chi connectivity index (χ1n) is 10.3. The fourth-order valence-electron chi connectivity index (χ4n) is 4.19. The van der Waals surface area contributed by atoms with Crippen molar-refractivity contribution in [1.29, 1.82) is 0 Å². The number of rotatable bonds is 7. The molecule has 2 aliphatic heterocycles. The zero-order chi connectivity index (χ0) is 20.1. The van der Waals surface area contributed by atoms with Gasteiger partial charge in [-0.15, -0.1) is 0 Å². The number of nitrogens with one attached hydrogen (secondary N) is 1. The van der Waals surface area contributed by atoms with E-state index in [2.05, 4.69) is 16.3 Å². The molecule has 28 heavy (non-hydrogen) atoms. The predicted molar refractivity (Wildman–Crippen MR) is 109 cm³/mol. The van der Waals surface area contributed by atoms with Crippen LogP contribution in [0.3, 0.4) is 0 Å². The first kappa shape index (κ1) is 20.9. The quantitative estimate of drug-likeness (QED) is 0.776. The summed E-state index contributed by atoms with van der Waals surface area (Å²) in [5.74, 6) is 1.88. The van der Waals surface area contributed by atoms with E-state index in [1.54, 1.807) is 14.2 Å². The second kappa shape index (κ2) is 9.14. The van der Waals surface area contributed by atoms with Crippen molar-refractivity contribution < 1.29 is 19.0 Å². The number of likely N-dealkylation sites (tertiary alicyclic amines) is 1. The molecule has 1 unspecified atom stereocenters. The number of hydrogen-bond acceptors (Lipinski definition) is 5. The molecule has 156 valence electrons. The van der Waals surface area contributed by atoms with Crippen LogP contribution in [-0.2, 0) is 16.1 Å². The maximum absolute atomic E-state index is 11.8. The standard InChI is InChI=1S/C22H34N2O4/c1-16(2)21(25)23-14-19-7-8-22(28-19)9-11-24(12-10-22)15-17-13-18(26-3)5-6-20(17)27-4/h5-6,13,16,19H,7-12,14-15H2,1-4H3,(H,23,25). The number of methoxy groups -OCH3 is 2. The molecule has 0 saturated carbocycles. The Morgan fingerprint density at radius 3 is 2.64 bits per heavy atom. The Bertz CT molecular complexity index is 669. The Morgan fingerprint density at radius 1 is 1.25 bits per heavy atom. The van der Waals surface area contributed by atoms with Crippen molar-refractivity contribution in [3.05, 3.63) is 23.8 Å². The van der Waals surface area contributed by atoms with Gasteiger partial charge in [0.15, 0.2) is 0 Å². The van der Waals surface area contributed by atoms with Gasteiger partial charge >= 0.3 is 0 Å². The van der Waals surface area contributed by atoms with Crippen molar-refractivity contribution >= 4 is 5.91 Å². The SMILES string of the molecule is COc1ccc(OC)c(CN2CCC3(CCC(CNC(=O)C(C)C)O3)CC2)c1. The van der Waals surface area contributed by atoms with Crippen molar-refractivity contribution in [2.75, 3.05) is 33.9 Å². The molecule has 0 radical (unpaired) electrons. The van der Waals surface area contributed by atoms with Crippen LogP contribution in [-0.4, -0.2) is 56.4 Å². The van der Waals surface area contributed by atoms with Gasteiger partial charge in [-0.25, -0.2) is 0 Å². The highest BCUT2D eigenvalue weighted by Crippen LogP contribution is 2.39. The molecule has 1 amide bonds. The largest absolute Gasteiger partial charge is 0.497 e. The van der Waals surface area contributed by atoms with E-state index in [9.17, 15) is 4.79 Å². The van der Waals surface area contributed by atoms with Crippen LogP contribution < -0.4 is 14.8 Å². The number of carbonyl (C=O) groups is 1. The summed E-state index contributed by atoms with van der Waals surface area (Å²) in [6, 6.07) is 5.95. The van der Waals surface area contributed by atoms with Gasteiger partial charge in [-0.1, -0.05) is 13.8 Å². The Morgan fingerprint density at radius 2 is 2.00 bits per heavy atom. The number of carbonyl (C=O) groups excluding carboxylic acids is 1. The van der Waals surface area contributed by atoms with Gasteiger partial charge in [-0.05, 0) is 43.9 Å². The van der Waals surface area contributed by atoms with E-state index >= 15 is 0 Å². The molecule has 3 rings (SSSR count). The number of amides is 1. The van der Waals surface area contributed by atoms with Crippen LogP contribution in [0.4, 0.5) is 0 Å². The topological polar surface area (TPSA) is 60.0 Å². The molecule has 1 N–H and O–H groups in total. The fourth-order valence-corrected chi connectivity index (χ4v) is 4.19. The number of hydrogen-bond donors (Lipinski definition) is 1. The van der Waals surface area contributed by atoms with Crippen molar-refractivity contribution in [3.63, 3.8) is 0 Å². The molecule has 2 fully saturated rings. The molecular weight excluding hydrogens is 356 g/mol. The maximum atomic E-state index is 11.8. The summed E-state index contributed by atoms with van der Waals surface area (Å²) >= 11 is 0. The molecule has 6 nitrogen and oxygen atoms in total. The van der Waals surface area contributed by atoms with Crippen molar-refractivity contribution in [2.45, 2.75) is 57.8 Å². The van der Waals surface area contributed by atoms with E-state index in [-0.39, 0.29) is 23.5 Å². The van der Waals surface area contributed by atoms with Gasteiger partial charge in [-0.3, -0.25) is 9.69 Å². The molecule has 0 bridgehead atoms. The first-order chi connectivity index (χ1) is 13.4. The van der Waals surface area contributed by atoms with E-state index < -0.39 is 0 Å². The third kappa shape index (κ3) is 4.97. The second-order valence-electron chi connectivity index (χ2n) is 8.32. The summed E-state index contributed by atoms with van der Waals surface area (Å²) in [5.41, 5.74) is 1.14. The lowest BCUT2D eigenvalue weighted by Crippen LogP contribution is -2.45. The lowest BCUT2D eigenvalue weighted by atomic mass is 9.88. The monoisotopic (exact) mass is 390 g/mol. The van der Waals surface area contributed by atoms with E-state index in [0.29, 0.717) is 6.54 Å². The molecule has 2 heterocycles. The van der Waals surface area contributed by atoms with E-state index in [1.807, 2.05) is 26.0 Å². The highest BCUT2D eigenvalue weighted by Gasteiger charge is 2.42. The third-order valence-electron chi connectivity index (χ3n) is 6.02. The lowest BCUT2D eigenvalue weighted by molar-refractivity contribution is -0.125. The molecule has 1 aromatic carbocycles. The van der Waals surface area contributed by atoms with Gasteiger partial charge in [0.2, 0.25) is 5.91 Å². The van der Waals surface area contributed by atoms with Crippen molar-refractivity contribution in [3.8, 4) is 11.5 Å². The molecule has 0 aliphatic carbocycles. The highest BCUT2D eigenvalue weighted by molar-refractivity contribution is 5.77. The molecule has 2 aliphatic rings. The Balaban J connectivity index is 1.50. The number of benzene rings is 1. The summed E-state index contributed by atoms with van der Waals surface area (Å²) in [4.78, 5) is 14.2. The van der Waals surface area contributed by atoms with Crippen LogP contribution in [0.1, 0.15) is 45.1 Å². The minimum Gasteiger partial charge on any atom is -0.497 e. The second-order valence-corrected chi connectivity index (χ2v) is 8.32. The summed E-state index contributed by atoms with van der Waals surface area (Å²) < 4.78 is 17.3. The van der Waals surface area contributed by atoms with Gasteiger partial charge in [0.1, 0.15) is 11.5 Å². The van der Waals surface area contributed by atoms with Crippen LogP contribution in [0.15, 0.2) is 18.2 Å². The molecule has 1 spiro atoms. The summed E-state index contributed by atoms with van der Waals surface area (Å²) in [7, 11) is 3.40. The summed E-state index contributed by atoms with van der Waals surface area (Å²) in [6.45, 7) is 7.32. The zero-order valence-electron chi connectivity index (χ0n) is 17.6.